The van der Waals surface area contributed by atoms with Gasteiger partial charge in [0.15, 0.2) is 0 Å². The predicted octanol–water partition coefficient (Wildman–Crippen LogP) is 11.1. The van der Waals surface area contributed by atoms with Crippen molar-refractivity contribution in [2.24, 2.45) is 0 Å². The van der Waals surface area contributed by atoms with E-state index >= 15 is 0 Å². The first-order valence-corrected chi connectivity index (χ1v) is 15.5. The van der Waals surface area contributed by atoms with Gasteiger partial charge in [0.25, 0.3) is 0 Å². The standard InChI is InChI=1S/C28H48I2O/c1-2-3-4-5-6-7-8-9-10-11-12-13-14-15-16-17-18-19-20-21-24-31-28-25-26(29)22-23-27(28)30/h22-23,25H,2-21,24H2,1H3. The molecule has 0 heterocycles. The Morgan fingerprint density at radius 1 is 0.548 bits per heavy atom. The molecule has 0 aliphatic carbocycles. The van der Waals surface area contributed by atoms with Gasteiger partial charge in [-0.15, -0.1) is 0 Å². The summed E-state index contributed by atoms with van der Waals surface area (Å²) in [5.41, 5.74) is 0. The van der Waals surface area contributed by atoms with E-state index in [1.807, 2.05) is 0 Å². The Bertz CT molecular complexity index is 518. The van der Waals surface area contributed by atoms with Crippen molar-refractivity contribution in [2.45, 2.75) is 135 Å². The lowest BCUT2D eigenvalue weighted by Gasteiger charge is -2.08. The van der Waals surface area contributed by atoms with Gasteiger partial charge in [0.05, 0.1) is 10.2 Å². The van der Waals surface area contributed by atoms with Crippen molar-refractivity contribution in [3.05, 3.63) is 25.3 Å². The molecule has 1 aromatic carbocycles. The van der Waals surface area contributed by atoms with Crippen LogP contribution in [-0.4, -0.2) is 6.61 Å². The molecule has 0 amide bonds. The summed E-state index contributed by atoms with van der Waals surface area (Å²) in [5.74, 6) is 1.05. The lowest BCUT2D eigenvalue weighted by atomic mass is 10.0. The van der Waals surface area contributed by atoms with Crippen LogP contribution in [0.4, 0.5) is 0 Å². The Hall–Kier alpha value is 0.480. The average Bonchev–Trinajstić information content (AvgIpc) is 2.77. The molecule has 0 fully saturated rings. The summed E-state index contributed by atoms with van der Waals surface area (Å²) in [7, 11) is 0. The van der Waals surface area contributed by atoms with Gasteiger partial charge >= 0.3 is 0 Å². The molecule has 0 aliphatic heterocycles. The highest BCUT2D eigenvalue weighted by atomic mass is 127. The van der Waals surface area contributed by atoms with Gasteiger partial charge in [0, 0.05) is 3.57 Å². The summed E-state index contributed by atoms with van der Waals surface area (Å²) < 4.78 is 8.40. The number of benzene rings is 1. The second kappa shape index (κ2) is 22.3. The Morgan fingerprint density at radius 3 is 1.35 bits per heavy atom. The van der Waals surface area contributed by atoms with Gasteiger partial charge in [-0.1, -0.05) is 129 Å². The molecule has 0 aliphatic rings. The van der Waals surface area contributed by atoms with Crippen molar-refractivity contribution in [1.29, 1.82) is 0 Å². The van der Waals surface area contributed by atoms with E-state index in [1.165, 1.54) is 136 Å². The van der Waals surface area contributed by atoms with Gasteiger partial charge in [-0.2, -0.15) is 0 Å². The van der Waals surface area contributed by atoms with Crippen LogP contribution in [0.15, 0.2) is 18.2 Å². The van der Waals surface area contributed by atoms with E-state index in [2.05, 4.69) is 70.3 Å². The largest absolute Gasteiger partial charge is 0.492 e. The fourth-order valence-electron chi connectivity index (χ4n) is 4.13. The molecule has 1 rings (SSSR count). The number of hydrogen-bond donors (Lipinski definition) is 0. The first-order valence-electron chi connectivity index (χ1n) is 13.3. The van der Waals surface area contributed by atoms with Gasteiger partial charge in [0.2, 0.25) is 0 Å². The van der Waals surface area contributed by atoms with E-state index in [4.69, 9.17) is 4.74 Å². The summed E-state index contributed by atoms with van der Waals surface area (Å²) >= 11 is 4.70. The van der Waals surface area contributed by atoms with E-state index in [-0.39, 0.29) is 0 Å². The maximum atomic E-state index is 5.94. The van der Waals surface area contributed by atoms with Crippen molar-refractivity contribution in [2.75, 3.05) is 6.61 Å². The van der Waals surface area contributed by atoms with Crippen LogP contribution in [0.2, 0.25) is 0 Å². The minimum Gasteiger partial charge on any atom is -0.492 e. The highest BCUT2D eigenvalue weighted by Gasteiger charge is 2.01. The van der Waals surface area contributed by atoms with Gasteiger partial charge in [-0.3, -0.25) is 0 Å². The van der Waals surface area contributed by atoms with E-state index in [0.717, 1.165) is 12.4 Å². The summed E-state index contributed by atoms with van der Waals surface area (Å²) in [6, 6.07) is 6.40. The molecule has 0 saturated carbocycles. The molecule has 0 bridgehead atoms. The quantitative estimate of drug-likeness (QED) is 0.0893. The molecular weight excluding hydrogens is 606 g/mol. The molecular formula is C28H48I2O. The molecule has 0 aromatic heterocycles. The van der Waals surface area contributed by atoms with Crippen LogP contribution in [0.3, 0.4) is 0 Å². The molecule has 0 atom stereocenters. The molecule has 31 heavy (non-hydrogen) atoms. The zero-order valence-electron chi connectivity index (χ0n) is 20.2. The Labute approximate surface area is 221 Å². The number of hydrogen-bond acceptors (Lipinski definition) is 1. The molecule has 0 spiro atoms. The molecule has 0 radical (unpaired) electrons. The monoisotopic (exact) mass is 654 g/mol. The summed E-state index contributed by atoms with van der Waals surface area (Å²) in [5, 5.41) is 0. The Balaban J connectivity index is 1.73. The first kappa shape index (κ1) is 29.5. The maximum Gasteiger partial charge on any atom is 0.133 e. The summed E-state index contributed by atoms with van der Waals surface area (Å²) in [4.78, 5) is 0. The van der Waals surface area contributed by atoms with Gasteiger partial charge in [-0.25, -0.2) is 0 Å². The lowest BCUT2D eigenvalue weighted by Crippen LogP contribution is -1.99. The zero-order chi connectivity index (χ0) is 22.4. The number of rotatable bonds is 22. The van der Waals surface area contributed by atoms with Crippen molar-refractivity contribution in [3.63, 3.8) is 0 Å². The van der Waals surface area contributed by atoms with E-state index in [1.54, 1.807) is 0 Å². The number of halogens is 2. The predicted molar refractivity (Wildman–Crippen MR) is 155 cm³/mol. The van der Waals surface area contributed by atoms with E-state index in [9.17, 15) is 0 Å². The second-order valence-corrected chi connectivity index (χ2v) is 11.5. The van der Waals surface area contributed by atoms with Crippen LogP contribution in [0.5, 0.6) is 5.75 Å². The Morgan fingerprint density at radius 2 is 0.935 bits per heavy atom. The zero-order valence-corrected chi connectivity index (χ0v) is 24.6. The van der Waals surface area contributed by atoms with Crippen LogP contribution in [0.25, 0.3) is 0 Å². The first-order chi connectivity index (χ1) is 15.2. The third kappa shape index (κ3) is 18.6. The highest BCUT2D eigenvalue weighted by molar-refractivity contribution is 14.1. The number of unbranched alkanes of at least 4 members (excludes halogenated alkanes) is 19. The van der Waals surface area contributed by atoms with Crippen LogP contribution < -0.4 is 4.74 Å². The minimum atomic E-state index is 0.856. The fraction of sp³-hybridized carbons (Fsp3) is 0.786. The van der Waals surface area contributed by atoms with Crippen LogP contribution in [0.1, 0.15) is 135 Å². The van der Waals surface area contributed by atoms with Crippen LogP contribution >= 0.6 is 45.2 Å². The molecule has 1 aromatic rings. The van der Waals surface area contributed by atoms with Crippen molar-refractivity contribution in [3.8, 4) is 5.75 Å². The molecule has 180 valence electrons. The van der Waals surface area contributed by atoms with Crippen LogP contribution in [-0.2, 0) is 0 Å². The summed E-state index contributed by atoms with van der Waals surface area (Å²) in [6.45, 7) is 3.15. The van der Waals surface area contributed by atoms with Crippen molar-refractivity contribution >= 4 is 45.2 Å². The SMILES string of the molecule is CCCCCCCCCCCCCCCCCCCCCCOc1cc(I)ccc1I. The van der Waals surface area contributed by atoms with Gasteiger partial charge < -0.3 is 4.74 Å². The van der Waals surface area contributed by atoms with E-state index in [0.29, 0.717) is 0 Å². The minimum absolute atomic E-state index is 0.856. The lowest BCUT2D eigenvalue weighted by molar-refractivity contribution is 0.302. The fourth-order valence-corrected chi connectivity index (χ4v) is 5.08. The van der Waals surface area contributed by atoms with Crippen molar-refractivity contribution < 1.29 is 4.74 Å². The third-order valence-corrected chi connectivity index (χ3v) is 7.71. The molecule has 0 saturated heterocycles. The van der Waals surface area contributed by atoms with Crippen molar-refractivity contribution in [1.82, 2.24) is 0 Å². The third-order valence-electron chi connectivity index (χ3n) is 6.15. The molecule has 0 N–H and O–H groups in total. The van der Waals surface area contributed by atoms with Gasteiger partial charge in [-0.05, 0) is 69.8 Å². The number of ether oxygens (including phenoxy) is 1. The normalized spacial score (nSPS) is 11.2. The molecule has 3 heteroatoms. The average molecular weight is 654 g/mol. The molecule has 0 unspecified atom stereocenters. The smallest absolute Gasteiger partial charge is 0.133 e. The van der Waals surface area contributed by atoms with Gasteiger partial charge in [0.1, 0.15) is 5.75 Å². The topological polar surface area (TPSA) is 9.23 Å². The van der Waals surface area contributed by atoms with Crippen LogP contribution in [0, 0.1) is 7.14 Å². The Kier molecular flexibility index (Phi) is 21.2. The maximum absolute atomic E-state index is 5.94. The highest BCUT2D eigenvalue weighted by Crippen LogP contribution is 2.23. The van der Waals surface area contributed by atoms with E-state index < -0.39 is 0 Å². The summed E-state index contributed by atoms with van der Waals surface area (Å²) in [6.07, 6.45) is 28.5. The second-order valence-electron chi connectivity index (χ2n) is 9.14. The molecule has 1 nitrogen and oxygen atoms in total.